The fourth-order valence-electron chi connectivity index (χ4n) is 4.11. The first kappa shape index (κ1) is 17.4. The Balaban J connectivity index is 1.58. The molecule has 0 spiro atoms. The third kappa shape index (κ3) is 3.18. The second kappa shape index (κ2) is 7.02. The average molecular weight is 378 g/mol. The number of nitrogens with zero attached hydrogens (tertiary/aromatic N) is 3. The molecule has 28 heavy (non-hydrogen) atoms. The van der Waals surface area contributed by atoms with Gasteiger partial charge in [-0.3, -0.25) is 4.90 Å². The van der Waals surface area contributed by atoms with Crippen LogP contribution in [0.4, 0.5) is 5.69 Å². The molecule has 1 aromatic carbocycles. The summed E-state index contributed by atoms with van der Waals surface area (Å²) in [6.45, 7) is 6.62. The molecule has 4 heterocycles. The van der Waals surface area contributed by atoms with Crippen LogP contribution in [0.2, 0.25) is 0 Å². The highest BCUT2D eigenvalue weighted by molar-refractivity contribution is 5.70. The van der Waals surface area contributed by atoms with Crippen LogP contribution in [0.5, 0.6) is 11.5 Å². The SMILES string of the molecule is CC1CCN(Cc2c(-c3ccc4c(c3)OCCO4)nc3ccc(N)cn23)CC1. The van der Waals surface area contributed by atoms with Gasteiger partial charge >= 0.3 is 0 Å². The van der Waals surface area contributed by atoms with Gasteiger partial charge < -0.3 is 19.6 Å². The predicted octanol–water partition coefficient (Wildman–Crippen LogP) is 3.59. The Hall–Kier alpha value is -2.73. The number of piperidine rings is 1. The second-order valence-electron chi connectivity index (χ2n) is 7.91. The smallest absolute Gasteiger partial charge is 0.162 e. The summed E-state index contributed by atoms with van der Waals surface area (Å²) in [6.07, 6.45) is 4.47. The van der Waals surface area contributed by atoms with Crippen molar-refractivity contribution in [2.24, 2.45) is 5.92 Å². The summed E-state index contributed by atoms with van der Waals surface area (Å²) >= 11 is 0. The van der Waals surface area contributed by atoms with E-state index in [0.717, 1.165) is 59.6 Å². The Kier molecular flexibility index (Phi) is 4.36. The van der Waals surface area contributed by atoms with E-state index in [4.69, 9.17) is 20.2 Å². The summed E-state index contributed by atoms with van der Waals surface area (Å²) in [4.78, 5) is 7.46. The van der Waals surface area contributed by atoms with Crippen LogP contribution in [0.3, 0.4) is 0 Å². The molecule has 0 amide bonds. The van der Waals surface area contributed by atoms with E-state index in [2.05, 4.69) is 22.3 Å². The van der Waals surface area contributed by atoms with E-state index < -0.39 is 0 Å². The predicted molar refractivity (Wildman–Crippen MR) is 110 cm³/mol. The van der Waals surface area contributed by atoms with Crippen LogP contribution in [-0.4, -0.2) is 40.6 Å². The first-order valence-electron chi connectivity index (χ1n) is 10.1. The minimum absolute atomic E-state index is 0.580. The standard InChI is InChI=1S/C22H26N4O2/c1-15-6-8-25(9-7-15)14-18-22(24-21-5-3-17(23)13-26(18)21)16-2-4-19-20(12-16)28-11-10-27-19/h2-5,12-13,15H,6-11,14,23H2,1H3. The van der Waals surface area contributed by atoms with Gasteiger partial charge in [-0.2, -0.15) is 0 Å². The Labute approximate surface area is 164 Å². The third-order valence-electron chi connectivity index (χ3n) is 5.81. The van der Waals surface area contributed by atoms with Gasteiger partial charge in [0, 0.05) is 24.0 Å². The second-order valence-corrected chi connectivity index (χ2v) is 7.91. The minimum Gasteiger partial charge on any atom is -0.486 e. The molecular formula is C22H26N4O2. The number of anilines is 1. The lowest BCUT2D eigenvalue weighted by Gasteiger charge is -2.30. The highest BCUT2D eigenvalue weighted by atomic mass is 16.6. The largest absolute Gasteiger partial charge is 0.486 e. The summed E-state index contributed by atoms with van der Waals surface area (Å²) in [5, 5.41) is 0. The molecule has 146 valence electrons. The van der Waals surface area contributed by atoms with Crippen molar-refractivity contribution in [2.75, 3.05) is 32.0 Å². The van der Waals surface area contributed by atoms with Crippen LogP contribution in [-0.2, 0) is 6.54 Å². The van der Waals surface area contributed by atoms with Crippen molar-refractivity contribution >= 4 is 11.3 Å². The molecular weight excluding hydrogens is 352 g/mol. The first-order valence-corrected chi connectivity index (χ1v) is 10.1. The van der Waals surface area contributed by atoms with Crippen molar-refractivity contribution in [1.29, 1.82) is 0 Å². The lowest BCUT2D eigenvalue weighted by molar-refractivity contribution is 0.171. The van der Waals surface area contributed by atoms with Crippen molar-refractivity contribution in [1.82, 2.24) is 14.3 Å². The van der Waals surface area contributed by atoms with Gasteiger partial charge in [0.05, 0.1) is 11.4 Å². The summed E-state index contributed by atoms with van der Waals surface area (Å²) < 4.78 is 13.6. The van der Waals surface area contributed by atoms with Gasteiger partial charge in [-0.1, -0.05) is 6.92 Å². The van der Waals surface area contributed by atoms with Gasteiger partial charge in [0.1, 0.15) is 18.9 Å². The van der Waals surface area contributed by atoms with E-state index in [9.17, 15) is 0 Å². The zero-order valence-electron chi connectivity index (χ0n) is 16.2. The first-order chi connectivity index (χ1) is 13.7. The van der Waals surface area contributed by atoms with Crippen LogP contribution < -0.4 is 15.2 Å². The normalized spacial score (nSPS) is 17.9. The number of rotatable bonds is 3. The van der Waals surface area contributed by atoms with Crippen LogP contribution in [0.15, 0.2) is 36.5 Å². The highest BCUT2D eigenvalue weighted by Crippen LogP contribution is 2.36. The van der Waals surface area contributed by atoms with Crippen LogP contribution in [0, 0.1) is 5.92 Å². The Morgan fingerprint density at radius 1 is 1.07 bits per heavy atom. The summed E-state index contributed by atoms with van der Waals surface area (Å²) in [5.41, 5.74) is 11.0. The Bertz CT molecular complexity index is 1010. The molecule has 6 nitrogen and oxygen atoms in total. The molecule has 2 N–H and O–H groups in total. The van der Waals surface area contributed by atoms with Crippen molar-refractivity contribution in [3.05, 3.63) is 42.2 Å². The molecule has 0 aliphatic carbocycles. The molecule has 0 unspecified atom stereocenters. The van der Waals surface area contributed by atoms with Crippen LogP contribution >= 0.6 is 0 Å². The van der Waals surface area contributed by atoms with Crippen LogP contribution in [0.1, 0.15) is 25.5 Å². The fourth-order valence-corrected chi connectivity index (χ4v) is 4.11. The Morgan fingerprint density at radius 2 is 1.86 bits per heavy atom. The van der Waals surface area contributed by atoms with Crippen LogP contribution in [0.25, 0.3) is 16.9 Å². The summed E-state index contributed by atoms with van der Waals surface area (Å²) in [5.74, 6) is 2.40. The molecule has 3 aromatic rings. The molecule has 0 atom stereocenters. The molecule has 0 radical (unpaired) electrons. The number of pyridine rings is 1. The quantitative estimate of drug-likeness (QED) is 0.755. The maximum absolute atomic E-state index is 6.08. The van der Waals surface area contributed by atoms with Crippen molar-refractivity contribution in [2.45, 2.75) is 26.3 Å². The van der Waals surface area contributed by atoms with E-state index in [0.29, 0.717) is 13.2 Å². The van der Waals surface area contributed by atoms with E-state index in [1.165, 1.54) is 18.5 Å². The molecule has 2 aliphatic rings. The monoisotopic (exact) mass is 378 g/mol. The number of imidazole rings is 1. The third-order valence-corrected chi connectivity index (χ3v) is 5.81. The number of likely N-dealkylation sites (tertiary alicyclic amines) is 1. The number of ether oxygens (including phenoxy) is 2. The number of aromatic nitrogens is 2. The van der Waals surface area contributed by atoms with Gasteiger partial charge in [0.2, 0.25) is 0 Å². The van der Waals surface area contributed by atoms with Crippen molar-refractivity contribution in [3.63, 3.8) is 0 Å². The molecule has 6 heteroatoms. The van der Waals surface area contributed by atoms with Gasteiger partial charge in [0.15, 0.2) is 11.5 Å². The molecule has 2 aliphatic heterocycles. The lowest BCUT2D eigenvalue weighted by atomic mass is 9.99. The number of hydrogen-bond donors (Lipinski definition) is 1. The van der Waals surface area contributed by atoms with E-state index in [-0.39, 0.29) is 0 Å². The molecule has 1 fully saturated rings. The van der Waals surface area contributed by atoms with E-state index in [1.807, 2.05) is 30.5 Å². The lowest BCUT2D eigenvalue weighted by Crippen LogP contribution is -2.32. The van der Waals surface area contributed by atoms with Gasteiger partial charge in [-0.25, -0.2) is 4.98 Å². The maximum Gasteiger partial charge on any atom is 0.162 e. The number of hydrogen-bond acceptors (Lipinski definition) is 5. The average Bonchev–Trinajstić information content (AvgIpc) is 3.07. The van der Waals surface area contributed by atoms with Crippen molar-refractivity contribution < 1.29 is 9.47 Å². The topological polar surface area (TPSA) is 65.0 Å². The van der Waals surface area contributed by atoms with Crippen molar-refractivity contribution in [3.8, 4) is 22.8 Å². The van der Waals surface area contributed by atoms with E-state index in [1.54, 1.807) is 0 Å². The number of benzene rings is 1. The maximum atomic E-state index is 6.08. The van der Waals surface area contributed by atoms with Gasteiger partial charge in [-0.15, -0.1) is 0 Å². The van der Waals surface area contributed by atoms with Gasteiger partial charge in [0.25, 0.3) is 0 Å². The number of fused-ring (bicyclic) bond motifs is 2. The number of nitrogens with two attached hydrogens (primary N) is 1. The molecule has 1 saturated heterocycles. The number of nitrogen functional groups attached to an aromatic ring is 1. The van der Waals surface area contributed by atoms with E-state index >= 15 is 0 Å². The summed E-state index contributed by atoms with van der Waals surface area (Å²) in [6, 6.07) is 9.98. The zero-order chi connectivity index (χ0) is 19.1. The Morgan fingerprint density at radius 3 is 2.68 bits per heavy atom. The molecule has 0 bridgehead atoms. The summed E-state index contributed by atoms with van der Waals surface area (Å²) in [7, 11) is 0. The zero-order valence-corrected chi connectivity index (χ0v) is 16.2. The molecule has 5 rings (SSSR count). The fraction of sp³-hybridized carbons (Fsp3) is 0.409. The van der Waals surface area contributed by atoms with Gasteiger partial charge in [-0.05, 0) is 62.2 Å². The molecule has 2 aromatic heterocycles. The molecule has 0 saturated carbocycles. The minimum atomic E-state index is 0.580. The highest BCUT2D eigenvalue weighted by Gasteiger charge is 2.22.